The highest BCUT2D eigenvalue weighted by atomic mass is 16.4. The van der Waals surface area contributed by atoms with Crippen LogP contribution in [0.25, 0.3) is 0 Å². The maximum Gasteiger partial charge on any atom is 0.326 e. The predicted octanol–water partition coefficient (Wildman–Crippen LogP) is 0.592. The van der Waals surface area contributed by atoms with E-state index in [4.69, 9.17) is 16.9 Å². The number of carboxylic acid groups (broad SMARTS) is 1. The molecule has 0 unspecified atom stereocenters. The van der Waals surface area contributed by atoms with Gasteiger partial charge in [-0.15, -0.1) is 0 Å². The Morgan fingerprint density at radius 3 is 1.91 bits per heavy atom. The smallest absolute Gasteiger partial charge is 0.326 e. The van der Waals surface area contributed by atoms with Gasteiger partial charge in [-0.25, -0.2) is 4.79 Å². The number of carbonyl (C=O) groups excluding carboxylic acids is 4. The molecule has 1 aromatic carbocycles. The monoisotopic (exact) mass is 646 g/mol. The molecule has 46 heavy (non-hydrogen) atoms. The van der Waals surface area contributed by atoms with E-state index in [0.29, 0.717) is 19.3 Å². The molecule has 0 heterocycles. The van der Waals surface area contributed by atoms with Gasteiger partial charge < -0.3 is 43.2 Å². The number of benzene rings is 1. The molecule has 258 valence electrons. The summed E-state index contributed by atoms with van der Waals surface area (Å²) in [4.78, 5) is 65.2. The van der Waals surface area contributed by atoms with E-state index < -0.39 is 59.8 Å². The summed E-state index contributed by atoms with van der Waals surface area (Å²) in [5.74, 6) is -4.53. The van der Waals surface area contributed by atoms with Crippen LogP contribution in [0.1, 0.15) is 72.8 Å². The largest absolute Gasteiger partial charge is 0.480 e. The molecule has 0 fully saturated rings. The van der Waals surface area contributed by atoms with Gasteiger partial charge in [-0.1, -0.05) is 78.3 Å². The number of amides is 4. The Labute approximate surface area is 272 Å². The van der Waals surface area contributed by atoms with Gasteiger partial charge in [-0.2, -0.15) is 0 Å². The Kier molecular flexibility index (Phi) is 17.3. The average molecular weight is 647 g/mol. The molecule has 6 atom stereocenters. The minimum atomic E-state index is -1.24. The quantitative estimate of drug-likeness (QED) is 0.0546. The number of hydrogen-bond acceptors (Lipinski definition) is 7. The summed E-state index contributed by atoms with van der Waals surface area (Å²) in [7, 11) is 0. The number of carbonyl (C=O) groups is 5. The minimum absolute atomic E-state index is 0.0339. The zero-order chi connectivity index (χ0) is 35.0. The maximum absolute atomic E-state index is 13.6. The van der Waals surface area contributed by atoms with Crippen molar-refractivity contribution in [2.24, 2.45) is 29.2 Å². The number of hydrogen-bond donors (Lipinski definition) is 9. The van der Waals surface area contributed by atoms with Crippen LogP contribution >= 0.6 is 0 Å². The summed E-state index contributed by atoms with van der Waals surface area (Å²) in [6.45, 7) is 11.1. The second-order valence-corrected chi connectivity index (χ2v) is 12.5. The topological polar surface area (TPSA) is 242 Å². The van der Waals surface area contributed by atoms with Crippen molar-refractivity contribution in [1.82, 2.24) is 26.6 Å². The van der Waals surface area contributed by atoms with Crippen molar-refractivity contribution in [1.29, 1.82) is 5.41 Å². The van der Waals surface area contributed by atoms with Gasteiger partial charge in [0.05, 0.1) is 6.04 Å². The Hall–Kier alpha value is -4.20. The van der Waals surface area contributed by atoms with Crippen LogP contribution in [0.2, 0.25) is 0 Å². The van der Waals surface area contributed by atoms with Crippen molar-refractivity contribution in [3.05, 3.63) is 35.9 Å². The van der Waals surface area contributed by atoms with Crippen molar-refractivity contribution in [3.63, 3.8) is 0 Å². The van der Waals surface area contributed by atoms with Crippen LogP contribution < -0.4 is 38.1 Å². The molecule has 0 aliphatic rings. The Balaban J connectivity index is 3.03. The fourth-order valence-electron chi connectivity index (χ4n) is 4.72. The van der Waals surface area contributed by atoms with Crippen molar-refractivity contribution >= 4 is 35.6 Å². The van der Waals surface area contributed by atoms with Crippen LogP contribution in [0.15, 0.2) is 30.3 Å². The van der Waals surface area contributed by atoms with E-state index in [2.05, 4.69) is 26.6 Å². The number of nitrogens with one attached hydrogen (secondary N) is 6. The van der Waals surface area contributed by atoms with E-state index in [1.54, 1.807) is 20.8 Å². The Bertz CT molecular complexity index is 1160. The zero-order valence-electron chi connectivity index (χ0n) is 27.9. The van der Waals surface area contributed by atoms with Gasteiger partial charge in [0.25, 0.3) is 0 Å². The van der Waals surface area contributed by atoms with Gasteiger partial charge >= 0.3 is 5.97 Å². The van der Waals surface area contributed by atoms with Gasteiger partial charge in [0.2, 0.25) is 23.6 Å². The van der Waals surface area contributed by atoms with Crippen molar-refractivity contribution in [2.75, 3.05) is 6.54 Å². The lowest BCUT2D eigenvalue weighted by Crippen LogP contribution is -2.60. The normalized spacial score (nSPS) is 15.1. The molecule has 0 aliphatic carbocycles. The number of carboxylic acids is 1. The fourth-order valence-corrected chi connectivity index (χ4v) is 4.72. The first-order valence-corrected chi connectivity index (χ1v) is 15.9. The van der Waals surface area contributed by atoms with Crippen LogP contribution in [-0.4, -0.2) is 77.4 Å². The third-order valence-electron chi connectivity index (χ3n) is 7.62. The SMILES string of the molecule is CC[C@H](C)[C@H](NC(=O)[C@@H](NC(=O)[C@H](CC(C)C)NC(=O)[C@@H](N)Cc1ccccc1)C(C)C)C(=O)N[C@@H](CCCNC(=N)N)C(=O)O. The molecular weight excluding hydrogens is 592 g/mol. The third-order valence-corrected chi connectivity index (χ3v) is 7.62. The van der Waals surface area contributed by atoms with Crippen LogP contribution in [0, 0.1) is 23.2 Å². The predicted molar refractivity (Wildman–Crippen MR) is 176 cm³/mol. The summed E-state index contributed by atoms with van der Waals surface area (Å²) in [6.07, 6.45) is 1.49. The van der Waals surface area contributed by atoms with Crippen molar-refractivity contribution in [3.8, 4) is 0 Å². The first kappa shape index (κ1) is 39.8. The summed E-state index contributed by atoms with van der Waals surface area (Å²) < 4.78 is 0. The van der Waals surface area contributed by atoms with Crippen LogP contribution in [-0.2, 0) is 30.4 Å². The molecule has 1 aromatic rings. The highest BCUT2D eigenvalue weighted by Gasteiger charge is 2.34. The summed E-state index contributed by atoms with van der Waals surface area (Å²) in [5, 5.41) is 30.2. The lowest BCUT2D eigenvalue weighted by Gasteiger charge is -2.30. The van der Waals surface area contributed by atoms with Gasteiger partial charge in [0, 0.05) is 6.54 Å². The lowest BCUT2D eigenvalue weighted by atomic mass is 9.95. The van der Waals surface area contributed by atoms with E-state index in [-0.39, 0.29) is 43.1 Å². The second kappa shape index (κ2) is 20.0. The van der Waals surface area contributed by atoms with Gasteiger partial charge in [0.1, 0.15) is 24.2 Å². The second-order valence-electron chi connectivity index (χ2n) is 12.5. The highest BCUT2D eigenvalue weighted by molar-refractivity contribution is 5.95. The fraction of sp³-hybridized carbons (Fsp3) is 0.625. The molecule has 0 aromatic heterocycles. The molecule has 0 aliphatic heterocycles. The third kappa shape index (κ3) is 14.3. The standard InChI is InChI=1S/C32H54N8O6/c1-7-20(6)26(30(44)37-23(31(45)46)14-11-15-36-32(34)35)40-29(43)25(19(4)5)39-28(42)24(16-18(2)3)38-27(41)22(33)17-21-12-9-8-10-13-21/h8-10,12-13,18-20,22-26H,7,11,14-17,33H2,1-6H3,(H,37,44)(H,38,41)(H,39,42)(H,40,43)(H,45,46)(H4,34,35,36)/t20-,22-,23-,24-,25-,26-/m0/s1. The average Bonchev–Trinajstić information content (AvgIpc) is 2.98. The van der Waals surface area contributed by atoms with Gasteiger partial charge in [-0.05, 0) is 49.0 Å². The maximum atomic E-state index is 13.6. The van der Waals surface area contributed by atoms with Crippen LogP contribution in [0.3, 0.4) is 0 Å². The van der Waals surface area contributed by atoms with E-state index in [0.717, 1.165) is 5.56 Å². The lowest BCUT2D eigenvalue weighted by molar-refractivity contribution is -0.143. The van der Waals surface area contributed by atoms with Crippen LogP contribution in [0.5, 0.6) is 0 Å². The first-order chi connectivity index (χ1) is 21.6. The number of aliphatic carboxylic acids is 1. The molecule has 1 rings (SSSR count). The molecule has 11 N–H and O–H groups in total. The van der Waals surface area contributed by atoms with E-state index >= 15 is 0 Å². The molecule has 4 amide bonds. The number of guanidine groups is 1. The van der Waals surface area contributed by atoms with E-state index in [9.17, 15) is 29.1 Å². The summed E-state index contributed by atoms with van der Waals surface area (Å²) in [5.41, 5.74) is 12.3. The summed E-state index contributed by atoms with van der Waals surface area (Å²) >= 11 is 0. The molecule has 0 saturated carbocycles. The first-order valence-electron chi connectivity index (χ1n) is 15.9. The van der Waals surface area contributed by atoms with Gasteiger partial charge in [-0.3, -0.25) is 24.6 Å². The minimum Gasteiger partial charge on any atom is -0.480 e. The molecule has 0 bridgehead atoms. The summed E-state index contributed by atoms with van der Waals surface area (Å²) in [6, 6.07) is 4.10. The van der Waals surface area contributed by atoms with Gasteiger partial charge in [0.15, 0.2) is 5.96 Å². The van der Waals surface area contributed by atoms with Crippen molar-refractivity contribution < 1.29 is 29.1 Å². The van der Waals surface area contributed by atoms with Crippen LogP contribution in [0.4, 0.5) is 0 Å². The van der Waals surface area contributed by atoms with E-state index in [1.807, 2.05) is 51.1 Å². The molecule has 0 spiro atoms. The molecular formula is C32H54N8O6. The number of rotatable bonds is 20. The zero-order valence-corrected chi connectivity index (χ0v) is 27.9. The molecule has 14 heteroatoms. The molecule has 14 nitrogen and oxygen atoms in total. The highest BCUT2D eigenvalue weighted by Crippen LogP contribution is 2.13. The Morgan fingerprint density at radius 1 is 0.826 bits per heavy atom. The molecule has 0 saturated heterocycles. The number of nitrogens with two attached hydrogens (primary N) is 2. The molecule has 0 radical (unpaired) electrons. The van der Waals surface area contributed by atoms with E-state index in [1.165, 1.54) is 0 Å². The van der Waals surface area contributed by atoms with Crippen molar-refractivity contribution in [2.45, 2.75) is 104 Å². The Morgan fingerprint density at radius 2 is 1.39 bits per heavy atom.